The van der Waals surface area contributed by atoms with Crippen molar-refractivity contribution in [1.82, 2.24) is 29.3 Å². The van der Waals surface area contributed by atoms with E-state index in [2.05, 4.69) is 20.5 Å². The number of carbonyl (C=O) groups excluding carboxylic acids is 1. The van der Waals surface area contributed by atoms with Crippen molar-refractivity contribution >= 4 is 34.9 Å². The number of aromatic nitrogens is 5. The van der Waals surface area contributed by atoms with E-state index in [-0.39, 0.29) is 11.9 Å². The van der Waals surface area contributed by atoms with E-state index in [9.17, 15) is 4.79 Å². The number of halogens is 1. The van der Waals surface area contributed by atoms with Crippen LogP contribution in [0.4, 0.5) is 0 Å². The summed E-state index contributed by atoms with van der Waals surface area (Å²) in [5.41, 5.74) is 2.11. The molecule has 8 heteroatoms. The number of nitrogens with one attached hydrogen (secondary N) is 1. The molecule has 1 atom stereocenters. The molecule has 4 heterocycles. The normalized spacial score (nSPS) is 12.8. The van der Waals surface area contributed by atoms with Gasteiger partial charge in [0.15, 0.2) is 16.6 Å². The smallest absolute Gasteiger partial charge is 0.244 e. The van der Waals surface area contributed by atoms with E-state index < -0.39 is 0 Å². The van der Waals surface area contributed by atoms with E-state index in [1.165, 1.54) is 6.08 Å². The SMILES string of the molecule is CC(NC(=O)/C=C/c1c(Cl)nc2ccccn12)c1nnc2ccccn12. The van der Waals surface area contributed by atoms with Crippen molar-refractivity contribution in [2.45, 2.75) is 13.0 Å². The van der Waals surface area contributed by atoms with Gasteiger partial charge in [0.1, 0.15) is 5.65 Å². The average molecular weight is 367 g/mol. The number of imidazole rings is 1. The van der Waals surface area contributed by atoms with Gasteiger partial charge in [0.25, 0.3) is 0 Å². The number of pyridine rings is 2. The second-order valence-corrected chi connectivity index (χ2v) is 6.13. The van der Waals surface area contributed by atoms with Crippen LogP contribution in [0.15, 0.2) is 54.9 Å². The fourth-order valence-electron chi connectivity index (χ4n) is 2.77. The Morgan fingerprint density at radius 2 is 1.85 bits per heavy atom. The van der Waals surface area contributed by atoms with Gasteiger partial charge in [-0.1, -0.05) is 23.7 Å². The predicted molar refractivity (Wildman–Crippen MR) is 98.8 cm³/mol. The van der Waals surface area contributed by atoms with Gasteiger partial charge in [-0.15, -0.1) is 10.2 Å². The van der Waals surface area contributed by atoms with Crippen molar-refractivity contribution in [2.75, 3.05) is 0 Å². The molecular formula is C18H15ClN6O. The number of carbonyl (C=O) groups is 1. The van der Waals surface area contributed by atoms with Crippen LogP contribution in [0.5, 0.6) is 0 Å². The Morgan fingerprint density at radius 3 is 2.65 bits per heavy atom. The topological polar surface area (TPSA) is 76.6 Å². The van der Waals surface area contributed by atoms with Crippen LogP contribution in [0.2, 0.25) is 5.15 Å². The van der Waals surface area contributed by atoms with Crippen molar-refractivity contribution in [3.05, 3.63) is 71.5 Å². The fraction of sp³-hybridized carbons (Fsp3) is 0.111. The maximum absolute atomic E-state index is 12.3. The van der Waals surface area contributed by atoms with Gasteiger partial charge < -0.3 is 5.32 Å². The first-order valence-electron chi connectivity index (χ1n) is 8.04. The lowest BCUT2D eigenvalue weighted by molar-refractivity contribution is -0.117. The second-order valence-electron chi connectivity index (χ2n) is 5.77. The molecule has 0 aromatic carbocycles. The summed E-state index contributed by atoms with van der Waals surface area (Å²) in [6, 6.07) is 10.9. The van der Waals surface area contributed by atoms with Crippen molar-refractivity contribution < 1.29 is 4.79 Å². The third kappa shape index (κ3) is 2.93. The largest absolute Gasteiger partial charge is 0.343 e. The molecule has 0 aliphatic heterocycles. The number of nitrogens with zero attached hydrogens (tertiary/aromatic N) is 5. The number of fused-ring (bicyclic) bond motifs is 2. The Balaban J connectivity index is 1.53. The van der Waals surface area contributed by atoms with Crippen LogP contribution >= 0.6 is 11.6 Å². The summed E-state index contributed by atoms with van der Waals surface area (Å²) < 4.78 is 3.66. The minimum atomic E-state index is -0.304. The van der Waals surface area contributed by atoms with E-state index in [1.807, 2.05) is 64.5 Å². The van der Waals surface area contributed by atoms with Gasteiger partial charge in [-0.05, 0) is 37.3 Å². The minimum Gasteiger partial charge on any atom is -0.343 e. The maximum Gasteiger partial charge on any atom is 0.244 e. The van der Waals surface area contributed by atoms with Gasteiger partial charge in [-0.3, -0.25) is 13.6 Å². The molecule has 1 unspecified atom stereocenters. The predicted octanol–water partition coefficient (Wildman–Crippen LogP) is 2.92. The zero-order valence-electron chi connectivity index (χ0n) is 13.9. The van der Waals surface area contributed by atoms with Crippen LogP contribution in [-0.2, 0) is 4.79 Å². The number of amides is 1. The summed E-state index contributed by atoms with van der Waals surface area (Å²) in [4.78, 5) is 16.5. The summed E-state index contributed by atoms with van der Waals surface area (Å²) >= 11 is 6.17. The molecular weight excluding hydrogens is 352 g/mol. The highest BCUT2D eigenvalue weighted by Crippen LogP contribution is 2.19. The lowest BCUT2D eigenvalue weighted by Crippen LogP contribution is -2.26. The number of hydrogen-bond donors (Lipinski definition) is 1. The Hall–Kier alpha value is -3.19. The number of rotatable bonds is 4. The molecule has 0 aliphatic carbocycles. The average Bonchev–Trinajstić information content (AvgIpc) is 3.20. The van der Waals surface area contributed by atoms with Crippen molar-refractivity contribution in [3.63, 3.8) is 0 Å². The molecule has 0 radical (unpaired) electrons. The molecule has 1 N–H and O–H groups in total. The molecule has 0 bridgehead atoms. The summed E-state index contributed by atoms with van der Waals surface area (Å²) in [5.74, 6) is 0.405. The first kappa shape index (κ1) is 16.3. The summed E-state index contributed by atoms with van der Waals surface area (Å²) in [7, 11) is 0. The molecule has 0 aliphatic rings. The van der Waals surface area contributed by atoms with Crippen molar-refractivity contribution in [1.29, 1.82) is 0 Å². The zero-order valence-corrected chi connectivity index (χ0v) is 14.6. The molecule has 4 rings (SSSR count). The quantitative estimate of drug-likeness (QED) is 0.563. The molecule has 0 spiro atoms. The molecule has 130 valence electrons. The van der Waals surface area contributed by atoms with Crippen molar-refractivity contribution in [2.24, 2.45) is 0 Å². The van der Waals surface area contributed by atoms with Gasteiger partial charge in [0.05, 0.1) is 11.7 Å². The second kappa shape index (κ2) is 6.61. The first-order valence-corrected chi connectivity index (χ1v) is 8.42. The Kier molecular flexibility index (Phi) is 4.14. The van der Waals surface area contributed by atoms with Gasteiger partial charge in [0.2, 0.25) is 5.91 Å². The van der Waals surface area contributed by atoms with Crippen LogP contribution in [0, 0.1) is 0 Å². The highest BCUT2D eigenvalue weighted by Gasteiger charge is 2.15. The standard InChI is InChI=1S/C18H15ClN6O/c1-12(18-23-22-15-7-3-5-11-25(15)18)20-16(26)9-8-13-17(19)21-14-6-2-4-10-24(13)14/h2-12H,1H3,(H,20,26)/b9-8+. The molecule has 7 nitrogen and oxygen atoms in total. The molecule has 0 fully saturated rings. The Bertz CT molecular complexity index is 1130. The van der Waals surface area contributed by atoms with Gasteiger partial charge >= 0.3 is 0 Å². The monoisotopic (exact) mass is 366 g/mol. The van der Waals surface area contributed by atoms with Gasteiger partial charge in [-0.25, -0.2) is 4.98 Å². The number of hydrogen-bond acceptors (Lipinski definition) is 4. The van der Waals surface area contributed by atoms with Gasteiger partial charge in [0, 0.05) is 18.5 Å². The maximum atomic E-state index is 12.3. The van der Waals surface area contributed by atoms with Crippen LogP contribution in [0.3, 0.4) is 0 Å². The third-order valence-corrected chi connectivity index (χ3v) is 4.28. The summed E-state index contributed by atoms with van der Waals surface area (Å²) in [5, 5.41) is 11.5. The molecule has 26 heavy (non-hydrogen) atoms. The molecule has 1 amide bonds. The molecule has 0 saturated carbocycles. The lowest BCUT2D eigenvalue weighted by atomic mass is 10.3. The highest BCUT2D eigenvalue weighted by molar-refractivity contribution is 6.31. The van der Waals surface area contributed by atoms with Crippen molar-refractivity contribution in [3.8, 4) is 0 Å². The van der Waals surface area contributed by atoms with E-state index >= 15 is 0 Å². The highest BCUT2D eigenvalue weighted by atomic mass is 35.5. The van der Waals surface area contributed by atoms with Crippen LogP contribution in [-0.4, -0.2) is 29.9 Å². The van der Waals surface area contributed by atoms with Crippen LogP contribution in [0.25, 0.3) is 17.4 Å². The summed E-state index contributed by atoms with van der Waals surface area (Å²) in [6.07, 6.45) is 6.78. The van der Waals surface area contributed by atoms with Crippen LogP contribution in [0.1, 0.15) is 24.5 Å². The van der Waals surface area contributed by atoms with Gasteiger partial charge in [-0.2, -0.15) is 0 Å². The third-order valence-electron chi connectivity index (χ3n) is 4.00. The zero-order chi connectivity index (χ0) is 18.1. The lowest BCUT2D eigenvalue weighted by Gasteiger charge is -2.10. The Morgan fingerprint density at radius 1 is 1.12 bits per heavy atom. The van der Waals surface area contributed by atoms with E-state index in [0.717, 1.165) is 11.3 Å². The Labute approximate surface area is 154 Å². The van der Waals surface area contributed by atoms with E-state index in [0.29, 0.717) is 16.7 Å². The summed E-state index contributed by atoms with van der Waals surface area (Å²) in [6.45, 7) is 1.86. The molecule has 4 aromatic rings. The van der Waals surface area contributed by atoms with Crippen LogP contribution < -0.4 is 5.32 Å². The minimum absolute atomic E-state index is 0.257. The first-order chi connectivity index (χ1) is 12.6. The fourth-order valence-corrected chi connectivity index (χ4v) is 3.01. The van der Waals surface area contributed by atoms with E-state index in [4.69, 9.17) is 11.6 Å². The van der Waals surface area contributed by atoms with E-state index in [1.54, 1.807) is 6.08 Å². The molecule has 4 aromatic heterocycles. The molecule has 0 saturated heterocycles.